The molecule has 0 bridgehead atoms. The lowest BCUT2D eigenvalue weighted by molar-refractivity contribution is -0.139. The van der Waals surface area contributed by atoms with Gasteiger partial charge in [0.25, 0.3) is 11.7 Å². The predicted octanol–water partition coefficient (Wildman–Crippen LogP) is 4.86. The number of nitrogens with zero attached hydrogens (tertiary/aromatic N) is 1. The van der Waals surface area contributed by atoms with Crippen molar-refractivity contribution in [3.05, 3.63) is 59.2 Å². The summed E-state index contributed by atoms with van der Waals surface area (Å²) in [5.74, 6) is 0.202. The minimum atomic E-state index is -0.708. The summed E-state index contributed by atoms with van der Waals surface area (Å²) in [4.78, 5) is 27.8. The van der Waals surface area contributed by atoms with Crippen LogP contribution in [0.4, 0.5) is 0 Å². The van der Waals surface area contributed by atoms with Crippen LogP contribution in [0.3, 0.4) is 0 Å². The van der Waals surface area contributed by atoms with Gasteiger partial charge in [-0.15, -0.1) is 0 Å². The molecule has 34 heavy (non-hydrogen) atoms. The SMILES string of the molecule is CCCCCN1C(=O)C(=O)/C(=C(\O)c2ccc3c(c2)OCCO3)C1c1cccc(OC(C)C)c1. The Morgan fingerprint density at radius 3 is 2.59 bits per heavy atom. The zero-order chi connectivity index (χ0) is 24.2. The largest absolute Gasteiger partial charge is 0.507 e. The van der Waals surface area contributed by atoms with Crippen molar-refractivity contribution in [2.45, 2.75) is 52.2 Å². The summed E-state index contributed by atoms with van der Waals surface area (Å²) < 4.78 is 17.0. The number of carbonyl (C=O) groups is 2. The van der Waals surface area contributed by atoms with Gasteiger partial charge in [-0.25, -0.2) is 0 Å². The molecule has 180 valence electrons. The molecule has 1 saturated heterocycles. The van der Waals surface area contributed by atoms with Gasteiger partial charge in [-0.05, 0) is 56.2 Å². The van der Waals surface area contributed by atoms with Gasteiger partial charge in [0, 0.05) is 12.1 Å². The summed E-state index contributed by atoms with van der Waals surface area (Å²) >= 11 is 0. The van der Waals surface area contributed by atoms with Gasteiger partial charge in [0.1, 0.15) is 24.7 Å². The van der Waals surface area contributed by atoms with Crippen molar-refractivity contribution < 1.29 is 28.9 Å². The fourth-order valence-electron chi connectivity index (χ4n) is 4.37. The van der Waals surface area contributed by atoms with E-state index in [2.05, 4.69) is 6.92 Å². The molecular formula is C27H31NO6. The first-order chi connectivity index (χ1) is 16.4. The zero-order valence-corrected chi connectivity index (χ0v) is 19.9. The Labute approximate surface area is 199 Å². The summed E-state index contributed by atoms with van der Waals surface area (Å²) in [5, 5.41) is 11.3. The average molecular weight is 466 g/mol. The number of aliphatic hydroxyl groups is 1. The van der Waals surface area contributed by atoms with Gasteiger partial charge in [-0.2, -0.15) is 0 Å². The normalized spacial score (nSPS) is 19.1. The molecule has 2 aliphatic heterocycles. The van der Waals surface area contributed by atoms with Crippen molar-refractivity contribution in [3.63, 3.8) is 0 Å². The molecular weight excluding hydrogens is 434 g/mol. The van der Waals surface area contributed by atoms with Crippen LogP contribution in [0.2, 0.25) is 0 Å². The number of ether oxygens (including phenoxy) is 3. The Balaban J connectivity index is 1.80. The van der Waals surface area contributed by atoms with Gasteiger partial charge in [0.2, 0.25) is 0 Å². The fraction of sp³-hybridized carbons (Fsp3) is 0.407. The van der Waals surface area contributed by atoms with Crippen molar-refractivity contribution in [3.8, 4) is 17.2 Å². The van der Waals surface area contributed by atoms with E-state index in [4.69, 9.17) is 14.2 Å². The molecule has 2 heterocycles. The number of likely N-dealkylation sites (tertiary alicyclic amines) is 1. The number of Topliss-reactive ketones (excluding diaryl/α,β-unsaturated/α-hetero) is 1. The summed E-state index contributed by atoms with van der Waals surface area (Å²) in [7, 11) is 0. The fourth-order valence-corrected chi connectivity index (χ4v) is 4.37. The lowest BCUT2D eigenvalue weighted by atomic mass is 9.95. The van der Waals surface area contributed by atoms with Crippen molar-refractivity contribution in [1.29, 1.82) is 0 Å². The number of fused-ring (bicyclic) bond motifs is 1. The molecule has 7 heteroatoms. The third-order valence-electron chi connectivity index (χ3n) is 5.90. The summed E-state index contributed by atoms with van der Waals surface area (Å²) in [6, 6.07) is 11.7. The van der Waals surface area contributed by atoms with Crippen LogP contribution in [0.15, 0.2) is 48.0 Å². The summed E-state index contributed by atoms with van der Waals surface area (Å²) in [6.07, 6.45) is 2.67. The first-order valence-corrected chi connectivity index (χ1v) is 11.9. The van der Waals surface area contributed by atoms with Gasteiger partial charge >= 0.3 is 0 Å². The zero-order valence-electron chi connectivity index (χ0n) is 19.9. The Kier molecular flexibility index (Phi) is 7.10. The molecule has 2 aromatic rings. The highest BCUT2D eigenvalue weighted by Crippen LogP contribution is 2.42. The van der Waals surface area contributed by atoms with Crippen LogP contribution in [-0.4, -0.2) is 47.6 Å². The van der Waals surface area contributed by atoms with E-state index < -0.39 is 17.7 Å². The third-order valence-corrected chi connectivity index (χ3v) is 5.90. The predicted molar refractivity (Wildman–Crippen MR) is 128 cm³/mol. The topological polar surface area (TPSA) is 85.3 Å². The highest BCUT2D eigenvalue weighted by atomic mass is 16.6. The molecule has 2 aliphatic rings. The van der Waals surface area contributed by atoms with Crippen LogP contribution in [0.1, 0.15) is 57.2 Å². The third kappa shape index (κ3) is 4.74. The molecule has 0 saturated carbocycles. The van der Waals surface area contributed by atoms with Gasteiger partial charge in [0.15, 0.2) is 11.5 Å². The van der Waals surface area contributed by atoms with Gasteiger partial charge in [-0.1, -0.05) is 31.9 Å². The van der Waals surface area contributed by atoms with Crippen LogP contribution < -0.4 is 14.2 Å². The molecule has 1 amide bonds. The van der Waals surface area contributed by atoms with Crippen LogP contribution in [0.5, 0.6) is 17.2 Å². The summed E-state index contributed by atoms with van der Waals surface area (Å²) in [5.41, 5.74) is 1.18. The van der Waals surface area contributed by atoms with E-state index in [0.29, 0.717) is 48.1 Å². The molecule has 0 aliphatic carbocycles. The van der Waals surface area contributed by atoms with Gasteiger partial charge < -0.3 is 24.2 Å². The second kappa shape index (κ2) is 10.2. The van der Waals surface area contributed by atoms with E-state index >= 15 is 0 Å². The minimum absolute atomic E-state index is 0.0242. The number of carbonyl (C=O) groups excluding carboxylic acids is 2. The quantitative estimate of drug-likeness (QED) is 0.259. The monoisotopic (exact) mass is 465 g/mol. The van der Waals surface area contributed by atoms with Gasteiger partial charge in [-0.3, -0.25) is 9.59 Å². The minimum Gasteiger partial charge on any atom is -0.507 e. The molecule has 1 unspecified atom stereocenters. The Morgan fingerprint density at radius 1 is 1.09 bits per heavy atom. The van der Waals surface area contributed by atoms with Crippen LogP contribution in [0, 0.1) is 0 Å². The van der Waals surface area contributed by atoms with E-state index in [1.54, 1.807) is 23.1 Å². The molecule has 0 aromatic heterocycles. The highest BCUT2D eigenvalue weighted by Gasteiger charge is 2.46. The maximum absolute atomic E-state index is 13.2. The van der Waals surface area contributed by atoms with Crippen molar-refractivity contribution >= 4 is 17.4 Å². The van der Waals surface area contributed by atoms with Crippen molar-refractivity contribution in [2.75, 3.05) is 19.8 Å². The maximum Gasteiger partial charge on any atom is 0.295 e. The van der Waals surface area contributed by atoms with Gasteiger partial charge in [0.05, 0.1) is 17.7 Å². The number of benzene rings is 2. The van der Waals surface area contributed by atoms with E-state index in [0.717, 1.165) is 19.3 Å². The second-order valence-electron chi connectivity index (χ2n) is 8.80. The smallest absolute Gasteiger partial charge is 0.295 e. The number of rotatable bonds is 8. The average Bonchev–Trinajstić information content (AvgIpc) is 3.08. The molecule has 1 N–H and O–H groups in total. The van der Waals surface area contributed by atoms with Crippen molar-refractivity contribution in [2.24, 2.45) is 0 Å². The van der Waals surface area contributed by atoms with E-state index in [1.807, 2.05) is 38.1 Å². The van der Waals surface area contributed by atoms with Crippen LogP contribution in [0.25, 0.3) is 5.76 Å². The number of aliphatic hydroxyl groups excluding tert-OH is 1. The number of amides is 1. The van der Waals surface area contributed by atoms with E-state index in [-0.39, 0.29) is 17.4 Å². The standard InChI is InChI=1S/C27H31NO6/c1-4-5-6-12-28-24(18-8-7-9-20(15-18)34-17(2)3)23(26(30)27(28)31)25(29)19-10-11-21-22(16-19)33-14-13-32-21/h7-11,15-17,24,29H,4-6,12-14H2,1-3H3/b25-23-. The molecule has 7 nitrogen and oxygen atoms in total. The lowest BCUT2D eigenvalue weighted by Gasteiger charge is -2.26. The number of unbranched alkanes of at least 4 members (excludes halogenated alkanes) is 2. The van der Waals surface area contributed by atoms with E-state index in [1.165, 1.54) is 0 Å². The number of hydrogen-bond acceptors (Lipinski definition) is 6. The molecule has 0 radical (unpaired) electrons. The molecule has 1 atom stereocenters. The van der Waals surface area contributed by atoms with Crippen LogP contribution in [-0.2, 0) is 9.59 Å². The number of ketones is 1. The number of hydrogen-bond donors (Lipinski definition) is 1. The second-order valence-corrected chi connectivity index (χ2v) is 8.80. The van der Waals surface area contributed by atoms with E-state index in [9.17, 15) is 14.7 Å². The molecule has 2 aromatic carbocycles. The molecule has 4 rings (SSSR count). The first kappa shape index (κ1) is 23.7. The van der Waals surface area contributed by atoms with Crippen LogP contribution >= 0.6 is 0 Å². The summed E-state index contributed by atoms with van der Waals surface area (Å²) in [6.45, 7) is 7.24. The highest BCUT2D eigenvalue weighted by molar-refractivity contribution is 6.46. The Hall–Kier alpha value is -3.48. The first-order valence-electron chi connectivity index (χ1n) is 11.9. The Bertz CT molecular complexity index is 1110. The van der Waals surface area contributed by atoms with Crippen molar-refractivity contribution in [1.82, 2.24) is 4.90 Å². The molecule has 0 spiro atoms. The lowest BCUT2D eigenvalue weighted by Crippen LogP contribution is -2.30. The molecule has 1 fully saturated rings. The maximum atomic E-state index is 13.2. The Morgan fingerprint density at radius 2 is 1.85 bits per heavy atom.